The Morgan fingerprint density at radius 2 is 2.21 bits per heavy atom. The van der Waals surface area contributed by atoms with Crippen LogP contribution in [0.5, 0.6) is 0 Å². The first kappa shape index (κ1) is 25.1. The molecule has 0 spiro atoms. The molecule has 1 aromatic carbocycles. The number of piperidine rings is 1. The largest absolute Gasteiger partial charge is 0.408 e. The highest BCUT2D eigenvalue weighted by Crippen LogP contribution is 2.31. The lowest BCUT2D eigenvalue weighted by Gasteiger charge is -2.34. The van der Waals surface area contributed by atoms with Crippen LogP contribution in [0.2, 0.25) is 0 Å². The number of hydrogen-bond acceptors (Lipinski definition) is 8. The maximum absolute atomic E-state index is 14.4. The molecule has 1 aliphatic rings. The van der Waals surface area contributed by atoms with Crippen LogP contribution in [0.1, 0.15) is 24.5 Å². The summed E-state index contributed by atoms with van der Waals surface area (Å²) in [5.74, 6) is -0.519. The minimum Gasteiger partial charge on any atom is -0.390 e. The number of hydrazone groups is 1. The van der Waals surface area contributed by atoms with Gasteiger partial charge in [0.1, 0.15) is 18.4 Å². The molecule has 0 saturated carbocycles. The first-order chi connectivity index (χ1) is 16.0. The van der Waals surface area contributed by atoms with Crippen molar-refractivity contribution in [2.45, 2.75) is 31.7 Å². The van der Waals surface area contributed by atoms with Gasteiger partial charge >= 0.3 is 6.18 Å². The van der Waals surface area contributed by atoms with E-state index >= 15 is 0 Å². The standard InChI is InChI=1S/C22H23F4N7O/c1-13(10-33(29-2)12-22(24,25)26)16-9-30-21(32-6-5-18(28)19(34)11-32)31-20(16)14-3-4-15(8-27)17(23)7-14/h3-4,7,9-10,18-19,34H,2,5-6,11-12,28H2,1H3/b13-10+. The van der Waals surface area contributed by atoms with Gasteiger partial charge in [-0.2, -0.15) is 23.5 Å². The third kappa shape index (κ3) is 5.86. The molecule has 0 amide bonds. The molecule has 12 heteroatoms. The van der Waals surface area contributed by atoms with Crippen molar-refractivity contribution in [1.82, 2.24) is 15.0 Å². The first-order valence-electron chi connectivity index (χ1n) is 10.3. The SMILES string of the molecule is C=NN(/C=C(\C)c1cnc(N2CCC(N)C(O)C2)nc1-c1ccc(C#N)c(F)c1)CC(F)(F)F. The first-order valence-corrected chi connectivity index (χ1v) is 10.3. The molecule has 180 valence electrons. The maximum Gasteiger partial charge on any atom is 0.408 e. The molecule has 2 unspecified atom stereocenters. The highest BCUT2D eigenvalue weighted by molar-refractivity contribution is 5.78. The molecule has 2 heterocycles. The Morgan fingerprint density at radius 1 is 1.47 bits per heavy atom. The normalized spacial score (nSPS) is 19.0. The quantitative estimate of drug-likeness (QED) is 0.374. The minimum absolute atomic E-state index is 0.160. The molecule has 2 atom stereocenters. The van der Waals surface area contributed by atoms with Gasteiger partial charge in [-0.15, -0.1) is 0 Å². The minimum atomic E-state index is -4.51. The highest BCUT2D eigenvalue weighted by Gasteiger charge is 2.30. The molecule has 34 heavy (non-hydrogen) atoms. The summed E-state index contributed by atoms with van der Waals surface area (Å²) in [7, 11) is 0. The van der Waals surface area contributed by atoms with Crippen LogP contribution in [0.25, 0.3) is 16.8 Å². The summed E-state index contributed by atoms with van der Waals surface area (Å²) < 4.78 is 52.9. The van der Waals surface area contributed by atoms with Crippen LogP contribution in [0.3, 0.4) is 0 Å². The van der Waals surface area contributed by atoms with Crippen LogP contribution >= 0.6 is 0 Å². The molecule has 3 rings (SSSR count). The van der Waals surface area contributed by atoms with Gasteiger partial charge < -0.3 is 15.7 Å². The van der Waals surface area contributed by atoms with Gasteiger partial charge in [-0.25, -0.2) is 14.4 Å². The smallest absolute Gasteiger partial charge is 0.390 e. The van der Waals surface area contributed by atoms with Crippen LogP contribution in [-0.2, 0) is 0 Å². The zero-order chi connectivity index (χ0) is 25.0. The molecule has 3 N–H and O–H groups in total. The van der Waals surface area contributed by atoms with E-state index in [2.05, 4.69) is 21.8 Å². The molecule has 1 saturated heterocycles. The highest BCUT2D eigenvalue weighted by atomic mass is 19.4. The molecule has 0 bridgehead atoms. The Labute approximate surface area is 193 Å². The Balaban J connectivity index is 2.08. The van der Waals surface area contributed by atoms with Crippen molar-refractivity contribution in [3.05, 3.63) is 47.5 Å². The number of aromatic nitrogens is 2. The van der Waals surface area contributed by atoms with Crippen molar-refractivity contribution in [1.29, 1.82) is 5.26 Å². The lowest BCUT2D eigenvalue weighted by atomic mass is 10.0. The third-order valence-corrected chi connectivity index (χ3v) is 5.35. The van der Waals surface area contributed by atoms with Crippen molar-refractivity contribution < 1.29 is 22.7 Å². The summed E-state index contributed by atoms with van der Waals surface area (Å²) >= 11 is 0. The van der Waals surface area contributed by atoms with E-state index in [1.165, 1.54) is 18.3 Å². The second-order valence-electron chi connectivity index (χ2n) is 7.87. The molecule has 8 nitrogen and oxygen atoms in total. The van der Waals surface area contributed by atoms with Crippen molar-refractivity contribution >= 4 is 18.2 Å². The number of aliphatic hydroxyl groups is 1. The van der Waals surface area contributed by atoms with Gasteiger partial charge in [0.2, 0.25) is 5.95 Å². The number of anilines is 1. The van der Waals surface area contributed by atoms with E-state index in [1.807, 2.05) is 0 Å². The molecule has 0 aliphatic carbocycles. The molecule has 1 aliphatic heterocycles. The lowest BCUT2D eigenvalue weighted by Crippen LogP contribution is -2.51. The summed E-state index contributed by atoms with van der Waals surface area (Å²) in [6.45, 7) is 4.04. The van der Waals surface area contributed by atoms with Gasteiger partial charge in [-0.05, 0) is 31.1 Å². The summed E-state index contributed by atoms with van der Waals surface area (Å²) in [6, 6.07) is 5.27. The van der Waals surface area contributed by atoms with Gasteiger partial charge in [0, 0.05) is 49.4 Å². The fraction of sp³-hybridized carbons (Fsp3) is 0.364. The number of hydrogen-bond donors (Lipinski definition) is 2. The fourth-order valence-corrected chi connectivity index (χ4v) is 3.53. The van der Waals surface area contributed by atoms with Crippen molar-refractivity contribution in [3.8, 4) is 17.3 Å². The van der Waals surface area contributed by atoms with Crippen molar-refractivity contribution in [3.63, 3.8) is 0 Å². The number of alkyl halides is 3. The summed E-state index contributed by atoms with van der Waals surface area (Å²) in [5.41, 5.74) is 6.89. The Hall–Kier alpha value is -3.56. The van der Waals surface area contributed by atoms with Gasteiger partial charge in [0.25, 0.3) is 0 Å². The Morgan fingerprint density at radius 3 is 2.79 bits per heavy atom. The Bertz CT molecular complexity index is 1130. The summed E-state index contributed by atoms with van der Waals surface area (Å²) in [6.07, 6.45) is -2.23. The predicted molar refractivity (Wildman–Crippen MR) is 119 cm³/mol. The van der Waals surface area contributed by atoms with E-state index in [1.54, 1.807) is 17.9 Å². The second kappa shape index (κ2) is 10.1. The van der Waals surface area contributed by atoms with E-state index in [0.29, 0.717) is 34.7 Å². The monoisotopic (exact) mass is 477 g/mol. The van der Waals surface area contributed by atoms with Gasteiger partial charge in [0.15, 0.2) is 0 Å². The zero-order valence-corrected chi connectivity index (χ0v) is 18.3. The van der Waals surface area contributed by atoms with Crippen molar-refractivity contribution in [2.75, 3.05) is 24.5 Å². The maximum atomic E-state index is 14.4. The number of β-amino-alcohol motifs (C(OH)–C–C–N with tert-alkyl or cyclic N) is 1. The van der Waals surface area contributed by atoms with Gasteiger partial charge in [0.05, 0.1) is 17.4 Å². The van der Waals surface area contributed by atoms with Crippen LogP contribution in [0.15, 0.2) is 35.7 Å². The number of benzene rings is 1. The molecule has 0 radical (unpaired) electrons. The van der Waals surface area contributed by atoms with E-state index in [9.17, 15) is 22.7 Å². The number of nitrogens with two attached hydrogens (primary N) is 1. The number of nitriles is 1. The van der Waals surface area contributed by atoms with E-state index in [-0.39, 0.29) is 29.8 Å². The number of rotatable bonds is 6. The van der Waals surface area contributed by atoms with Crippen LogP contribution in [0, 0.1) is 17.1 Å². The van der Waals surface area contributed by atoms with Gasteiger partial charge in [-0.1, -0.05) is 6.07 Å². The van der Waals surface area contributed by atoms with E-state index in [0.717, 1.165) is 12.3 Å². The van der Waals surface area contributed by atoms with E-state index < -0.39 is 24.6 Å². The predicted octanol–water partition coefficient (Wildman–Crippen LogP) is 2.89. The molecule has 1 fully saturated rings. The van der Waals surface area contributed by atoms with Crippen LogP contribution < -0.4 is 10.6 Å². The molecule has 2 aromatic rings. The molecular formula is C22H23F4N7O. The number of nitrogens with zero attached hydrogens (tertiary/aromatic N) is 6. The van der Waals surface area contributed by atoms with Crippen LogP contribution in [0.4, 0.5) is 23.5 Å². The van der Waals surface area contributed by atoms with Crippen LogP contribution in [-0.4, -0.2) is 64.8 Å². The van der Waals surface area contributed by atoms with Gasteiger partial charge in [-0.3, -0.25) is 5.01 Å². The number of halogens is 4. The topological polar surface area (TPSA) is 115 Å². The molecular weight excluding hydrogens is 454 g/mol. The zero-order valence-electron chi connectivity index (χ0n) is 18.3. The third-order valence-electron chi connectivity index (χ3n) is 5.35. The average Bonchev–Trinajstić information content (AvgIpc) is 2.79. The van der Waals surface area contributed by atoms with Crippen molar-refractivity contribution in [2.24, 2.45) is 10.8 Å². The second-order valence-corrected chi connectivity index (χ2v) is 7.87. The fourth-order valence-electron chi connectivity index (χ4n) is 3.53. The van der Waals surface area contributed by atoms with E-state index in [4.69, 9.17) is 11.0 Å². The Kier molecular flexibility index (Phi) is 7.48. The number of aliphatic hydroxyl groups excluding tert-OH is 1. The summed E-state index contributed by atoms with van der Waals surface area (Å²) in [4.78, 5) is 10.6. The summed E-state index contributed by atoms with van der Waals surface area (Å²) in [5, 5.41) is 23.2. The average molecular weight is 477 g/mol. The number of allylic oxidation sites excluding steroid dienone is 1. The lowest BCUT2D eigenvalue weighted by molar-refractivity contribution is -0.140. The molecule has 1 aromatic heterocycles.